The summed E-state index contributed by atoms with van der Waals surface area (Å²) in [5, 5.41) is 4.66. The van der Waals surface area contributed by atoms with E-state index in [0.29, 0.717) is 11.3 Å². The number of aromatic nitrogens is 2. The van der Waals surface area contributed by atoms with E-state index in [9.17, 15) is 4.79 Å². The van der Waals surface area contributed by atoms with Gasteiger partial charge in [-0.3, -0.25) is 10.2 Å². The molecule has 27 heavy (non-hydrogen) atoms. The lowest BCUT2D eigenvalue weighted by molar-refractivity contribution is 0.0938. The third-order valence-corrected chi connectivity index (χ3v) is 4.57. The smallest absolute Gasteiger partial charge is 0.273 e. The van der Waals surface area contributed by atoms with Crippen LogP contribution in [0.15, 0.2) is 79.1 Å². The predicted octanol–water partition coefficient (Wildman–Crippen LogP) is 4.33. The van der Waals surface area contributed by atoms with E-state index in [1.54, 1.807) is 10.9 Å². The van der Waals surface area contributed by atoms with Gasteiger partial charge in [-0.15, -0.1) is 0 Å². The number of nitrogens with one attached hydrogen (secondary N) is 2. The summed E-state index contributed by atoms with van der Waals surface area (Å²) in [5.74, 6) is 0.0198. The topological polar surface area (TPSA) is 58.9 Å². The van der Waals surface area contributed by atoms with Gasteiger partial charge < -0.3 is 5.43 Å². The molecule has 0 fully saturated rings. The van der Waals surface area contributed by atoms with Gasteiger partial charge in [-0.1, -0.05) is 69.0 Å². The summed E-state index contributed by atoms with van der Waals surface area (Å²) in [7, 11) is 0. The molecule has 5 heteroatoms. The molecule has 0 bridgehead atoms. The van der Waals surface area contributed by atoms with Crippen LogP contribution in [0.3, 0.4) is 0 Å². The molecule has 0 radical (unpaired) electrons. The van der Waals surface area contributed by atoms with Gasteiger partial charge in [0.2, 0.25) is 0 Å². The fourth-order valence-corrected chi connectivity index (χ4v) is 2.64. The minimum absolute atomic E-state index is 0.250. The number of carbonyl (C=O) groups excluding carboxylic acids is 1. The largest absolute Gasteiger partial charge is 0.303 e. The van der Waals surface area contributed by atoms with Crippen LogP contribution in [0.25, 0.3) is 16.9 Å². The van der Waals surface area contributed by atoms with Crippen molar-refractivity contribution in [1.82, 2.24) is 20.6 Å². The maximum Gasteiger partial charge on any atom is 0.273 e. The molecule has 0 spiro atoms. The van der Waals surface area contributed by atoms with E-state index in [1.165, 1.54) is 0 Å². The van der Waals surface area contributed by atoms with Gasteiger partial charge in [-0.25, -0.2) is 4.68 Å². The maximum atomic E-state index is 12.8. The quantitative estimate of drug-likeness (QED) is 0.617. The SMILES string of the molecule is C=C(NNC(=O)c1cn(-c2ccccc2)nc1-c1ccccc1)[C@H](C)CC. The molecule has 1 aromatic heterocycles. The number of rotatable bonds is 7. The first-order valence-electron chi connectivity index (χ1n) is 9.05. The highest BCUT2D eigenvalue weighted by atomic mass is 16.2. The summed E-state index contributed by atoms with van der Waals surface area (Å²) >= 11 is 0. The molecule has 0 saturated heterocycles. The molecule has 0 aliphatic rings. The van der Waals surface area contributed by atoms with Crippen LogP contribution < -0.4 is 10.9 Å². The third kappa shape index (κ3) is 4.26. The summed E-state index contributed by atoms with van der Waals surface area (Å²) < 4.78 is 1.72. The van der Waals surface area contributed by atoms with Crippen molar-refractivity contribution in [3.63, 3.8) is 0 Å². The number of hydrogen-bond acceptors (Lipinski definition) is 3. The van der Waals surface area contributed by atoms with Gasteiger partial charge in [0.1, 0.15) is 5.69 Å². The Morgan fingerprint density at radius 2 is 1.70 bits per heavy atom. The second-order valence-electron chi connectivity index (χ2n) is 6.45. The molecular formula is C22H24N4O. The molecule has 1 heterocycles. The van der Waals surface area contributed by atoms with Gasteiger partial charge in [0.15, 0.2) is 0 Å². The summed E-state index contributed by atoms with van der Waals surface area (Å²) in [4.78, 5) is 12.8. The number of nitrogens with zero attached hydrogens (tertiary/aromatic N) is 2. The second kappa shape index (κ2) is 8.36. The van der Waals surface area contributed by atoms with Crippen LogP contribution in [-0.2, 0) is 0 Å². The van der Waals surface area contributed by atoms with Gasteiger partial charge in [0, 0.05) is 17.5 Å². The van der Waals surface area contributed by atoms with Crippen LogP contribution in [0.2, 0.25) is 0 Å². The predicted molar refractivity (Wildman–Crippen MR) is 108 cm³/mol. The van der Waals surface area contributed by atoms with Gasteiger partial charge in [0.05, 0.1) is 11.3 Å². The van der Waals surface area contributed by atoms with Crippen molar-refractivity contribution in [2.45, 2.75) is 20.3 Å². The summed E-state index contributed by atoms with van der Waals surface area (Å²) in [6.45, 7) is 8.12. The molecule has 2 N–H and O–H groups in total. The van der Waals surface area contributed by atoms with Gasteiger partial charge in [-0.2, -0.15) is 5.10 Å². The number of hydrazine groups is 1. The van der Waals surface area contributed by atoms with Gasteiger partial charge in [-0.05, 0) is 24.5 Å². The molecule has 3 rings (SSSR count). The zero-order valence-corrected chi connectivity index (χ0v) is 15.6. The van der Waals surface area contributed by atoms with E-state index in [0.717, 1.165) is 23.4 Å². The normalized spacial score (nSPS) is 11.6. The van der Waals surface area contributed by atoms with Gasteiger partial charge >= 0.3 is 0 Å². The van der Waals surface area contributed by atoms with Crippen molar-refractivity contribution < 1.29 is 4.79 Å². The van der Waals surface area contributed by atoms with Crippen LogP contribution in [-0.4, -0.2) is 15.7 Å². The van der Waals surface area contributed by atoms with Crippen molar-refractivity contribution >= 4 is 5.91 Å². The fourth-order valence-electron chi connectivity index (χ4n) is 2.64. The zero-order valence-electron chi connectivity index (χ0n) is 15.6. The van der Waals surface area contributed by atoms with Crippen LogP contribution in [0.5, 0.6) is 0 Å². The Morgan fingerprint density at radius 3 is 2.33 bits per heavy atom. The maximum absolute atomic E-state index is 12.8. The lowest BCUT2D eigenvalue weighted by Gasteiger charge is -2.15. The van der Waals surface area contributed by atoms with E-state index in [4.69, 9.17) is 0 Å². The molecular weight excluding hydrogens is 336 g/mol. The first-order valence-corrected chi connectivity index (χ1v) is 9.05. The molecule has 0 saturated carbocycles. The van der Waals surface area contributed by atoms with E-state index in [-0.39, 0.29) is 11.8 Å². The highest BCUT2D eigenvalue weighted by molar-refractivity contribution is 5.99. The number of allylic oxidation sites excluding steroid dienone is 1. The molecule has 5 nitrogen and oxygen atoms in total. The minimum atomic E-state index is -0.250. The van der Waals surface area contributed by atoms with Crippen LogP contribution >= 0.6 is 0 Å². The molecule has 3 aromatic rings. The van der Waals surface area contributed by atoms with E-state index in [2.05, 4.69) is 36.4 Å². The van der Waals surface area contributed by atoms with Crippen molar-refractivity contribution in [3.8, 4) is 16.9 Å². The summed E-state index contributed by atoms with van der Waals surface area (Å²) in [6.07, 6.45) is 2.70. The van der Waals surface area contributed by atoms with Crippen LogP contribution in [0.1, 0.15) is 30.6 Å². The number of amides is 1. The number of benzene rings is 2. The third-order valence-electron chi connectivity index (χ3n) is 4.57. The molecule has 2 aromatic carbocycles. The number of para-hydroxylation sites is 1. The Labute approximate surface area is 159 Å². The lowest BCUT2D eigenvalue weighted by atomic mass is 10.1. The highest BCUT2D eigenvalue weighted by Crippen LogP contribution is 2.23. The average Bonchev–Trinajstić information content (AvgIpc) is 3.18. The molecule has 138 valence electrons. The van der Waals surface area contributed by atoms with Crippen molar-refractivity contribution in [1.29, 1.82) is 0 Å². The number of hydrogen-bond donors (Lipinski definition) is 2. The van der Waals surface area contributed by atoms with Crippen LogP contribution in [0, 0.1) is 5.92 Å². The van der Waals surface area contributed by atoms with Crippen molar-refractivity contribution in [2.24, 2.45) is 5.92 Å². The molecule has 1 amide bonds. The monoisotopic (exact) mass is 360 g/mol. The molecule has 1 atom stereocenters. The average molecular weight is 360 g/mol. The minimum Gasteiger partial charge on any atom is -0.303 e. The Kier molecular flexibility index (Phi) is 5.71. The summed E-state index contributed by atoms with van der Waals surface area (Å²) in [5.41, 5.74) is 9.36. The van der Waals surface area contributed by atoms with Crippen molar-refractivity contribution in [2.75, 3.05) is 0 Å². The summed E-state index contributed by atoms with van der Waals surface area (Å²) in [6, 6.07) is 19.4. The zero-order chi connectivity index (χ0) is 19.2. The van der Waals surface area contributed by atoms with E-state index in [1.807, 2.05) is 60.7 Å². The Balaban J connectivity index is 1.92. The van der Waals surface area contributed by atoms with Crippen molar-refractivity contribution in [3.05, 3.63) is 84.7 Å². The first-order chi connectivity index (χ1) is 13.1. The molecule has 0 unspecified atom stereocenters. The standard InChI is InChI=1S/C22H24N4O/c1-4-16(2)17(3)23-24-22(27)20-15-26(19-13-9-6-10-14-19)25-21(20)18-11-7-5-8-12-18/h5-16,23H,3-4H2,1-2H3,(H,24,27)/t16-/m1/s1. The fraction of sp³-hybridized carbons (Fsp3) is 0.182. The van der Waals surface area contributed by atoms with Gasteiger partial charge in [0.25, 0.3) is 5.91 Å². The number of carbonyl (C=O) groups is 1. The van der Waals surface area contributed by atoms with E-state index >= 15 is 0 Å². The van der Waals surface area contributed by atoms with E-state index < -0.39 is 0 Å². The first kappa shape index (κ1) is 18.5. The Morgan fingerprint density at radius 1 is 1.07 bits per heavy atom. The van der Waals surface area contributed by atoms with Crippen LogP contribution in [0.4, 0.5) is 0 Å². The highest BCUT2D eigenvalue weighted by Gasteiger charge is 2.19. The Bertz CT molecular complexity index is 916. The Hall–Kier alpha value is -3.34. The lowest BCUT2D eigenvalue weighted by Crippen LogP contribution is -2.38. The second-order valence-corrected chi connectivity index (χ2v) is 6.45. The molecule has 0 aliphatic heterocycles. The molecule has 0 aliphatic carbocycles.